The Bertz CT molecular complexity index is 457. The number of methoxy groups -OCH3 is 1. The molecule has 1 aromatic carbocycles. The normalized spacial score (nSPS) is 11.6. The molecule has 0 spiro atoms. The van der Waals surface area contributed by atoms with Gasteiger partial charge in [0.1, 0.15) is 11.8 Å². The minimum Gasteiger partial charge on any atom is -0.497 e. The summed E-state index contributed by atoms with van der Waals surface area (Å²) in [5.74, 6) is 0.554. The second-order valence-electron chi connectivity index (χ2n) is 4.51. The van der Waals surface area contributed by atoms with Crippen LogP contribution in [-0.4, -0.2) is 36.9 Å². The predicted molar refractivity (Wildman–Crippen MR) is 77.4 cm³/mol. The average molecular weight is 278 g/mol. The van der Waals surface area contributed by atoms with Gasteiger partial charge in [-0.25, -0.2) is 0 Å². The molecule has 0 aliphatic heterocycles. The Morgan fingerprint density at radius 1 is 1.30 bits per heavy atom. The van der Waals surface area contributed by atoms with E-state index in [1.165, 1.54) is 0 Å². The van der Waals surface area contributed by atoms with Gasteiger partial charge in [-0.15, -0.1) is 0 Å². The summed E-state index contributed by atoms with van der Waals surface area (Å²) < 4.78 is 5.10. The first-order valence-electron chi connectivity index (χ1n) is 6.67. The zero-order valence-corrected chi connectivity index (χ0v) is 12.5. The third-order valence-corrected chi connectivity index (χ3v) is 3.23. The van der Waals surface area contributed by atoms with Crippen LogP contribution in [0.25, 0.3) is 0 Å². The average Bonchev–Trinajstić information content (AvgIpc) is 2.50. The van der Waals surface area contributed by atoms with Gasteiger partial charge in [0.05, 0.1) is 7.11 Å². The molecular formula is C15H22N2O3. The maximum atomic E-state index is 12.0. The fourth-order valence-electron chi connectivity index (χ4n) is 1.92. The van der Waals surface area contributed by atoms with Crippen LogP contribution in [0.2, 0.25) is 0 Å². The minimum atomic E-state index is -0.491. The number of nitrogens with zero attached hydrogens (tertiary/aromatic N) is 1. The number of hydrogen-bond acceptors (Lipinski definition) is 3. The number of nitrogens with one attached hydrogen (secondary N) is 1. The molecule has 1 aromatic rings. The molecule has 0 saturated carbocycles. The third-order valence-electron chi connectivity index (χ3n) is 3.23. The summed E-state index contributed by atoms with van der Waals surface area (Å²) in [6.45, 7) is 3.93. The van der Waals surface area contributed by atoms with Gasteiger partial charge in [-0.1, -0.05) is 19.1 Å². The molecule has 2 amide bonds. The molecule has 0 bridgehead atoms. The largest absolute Gasteiger partial charge is 0.497 e. The van der Waals surface area contributed by atoms with E-state index in [9.17, 15) is 9.59 Å². The Hall–Kier alpha value is -2.04. The van der Waals surface area contributed by atoms with Crippen molar-refractivity contribution in [3.8, 4) is 5.75 Å². The van der Waals surface area contributed by atoms with Crippen molar-refractivity contribution in [2.24, 2.45) is 0 Å². The molecule has 0 aromatic heterocycles. The van der Waals surface area contributed by atoms with Crippen LogP contribution in [0.1, 0.15) is 25.8 Å². The summed E-state index contributed by atoms with van der Waals surface area (Å²) in [7, 11) is 3.18. The summed E-state index contributed by atoms with van der Waals surface area (Å²) in [5, 5.41) is 2.58. The monoisotopic (exact) mass is 278 g/mol. The quantitative estimate of drug-likeness (QED) is 0.859. The number of ether oxygens (including phenoxy) is 1. The number of benzene rings is 1. The van der Waals surface area contributed by atoms with Crippen molar-refractivity contribution < 1.29 is 14.3 Å². The standard InChI is InChI=1S/C15H22N2O3/c1-5-14(18)17(11(2)15(19)16-3)10-12-6-8-13(20-4)9-7-12/h6-9,11H,5,10H2,1-4H3,(H,16,19). The molecule has 5 nitrogen and oxygen atoms in total. The first-order valence-corrected chi connectivity index (χ1v) is 6.67. The highest BCUT2D eigenvalue weighted by atomic mass is 16.5. The zero-order valence-electron chi connectivity index (χ0n) is 12.5. The van der Waals surface area contributed by atoms with E-state index in [2.05, 4.69) is 5.32 Å². The second-order valence-corrected chi connectivity index (χ2v) is 4.51. The van der Waals surface area contributed by atoms with E-state index in [1.807, 2.05) is 24.3 Å². The fraction of sp³-hybridized carbons (Fsp3) is 0.467. The van der Waals surface area contributed by atoms with E-state index in [4.69, 9.17) is 4.74 Å². The lowest BCUT2D eigenvalue weighted by Gasteiger charge is -2.28. The molecule has 0 aliphatic carbocycles. The molecule has 1 unspecified atom stereocenters. The number of likely N-dealkylation sites (N-methyl/N-ethyl adjacent to an activating group) is 1. The number of amides is 2. The van der Waals surface area contributed by atoms with Crippen molar-refractivity contribution in [2.75, 3.05) is 14.2 Å². The fourth-order valence-corrected chi connectivity index (χ4v) is 1.92. The van der Waals surface area contributed by atoms with Crippen LogP contribution in [0.15, 0.2) is 24.3 Å². The highest BCUT2D eigenvalue weighted by Crippen LogP contribution is 2.15. The van der Waals surface area contributed by atoms with Crippen molar-refractivity contribution in [3.63, 3.8) is 0 Å². The van der Waals surface area contributed by atoms with Gasteiger partial charge in [-0.05, 0) is 24.6 Å². The summed E-state index contributed by atoms with van der Waals surface area (Å²) in [5.41, 5.74) is 0.961. The molecule has 110 valence electrons. The van der Waals surface area contributed by atoms with Gasteiger partial charge in [0, 0.05) is 20.0 Å². The van der Waals surface area contributed by atoms with Crippen LogP contribution in [0.5, 0.6) is 5.75 Å². The molecular weight excluding hydrogens is 256 g/mol. The Morgan fingerprint density at radius 3 is 2.35 bits per heavy atom. The molecule has 20 heavy (non-hydrogen) atoms. The van der Waals surface area contributed by atoms with E-state index < -0.39 is 6.04 Å². The van der Waals surface area contributed by atoms with E-state index >= 15 is 0 Å². The first kappa shape index (κ1) is 16.0. The van der Waals surface area contributed by atoms with Crippen LogP contribution >= 0.6 is 0 Å². The number of rotatable bonds is 6. The topological polar surface area (TPSA) is 58.6 Å². The number of hydrogen-bond donors (Lipinski definition) is 1. The van der Waals surface area contributed by atoms with Crippen LogP contribution in [-0.2, 0) is 16.1 Å². The molecule has 0 aliphatic rings. The van der Waals surface area contributed by atoms with Gasteiger partial charge >= 0.3 is 0 Å². The van der Waals surface area contributed by atoms with E-state index in [1.54, 1.807) is 32.9 Å². The van der Waals surface area contributed by atoms with Gasteiger partial charge in [-0.2, -0.15) is 0 Å². The summed E-state index contributed by atoms with van der Waals surface area (Å²) in [4.78, 5) is 25.3. The SMILES string of the molecule is CCC(=O)N(Cc1ccc(OC)cc1)C(C)C(=O)NC. The third kappa shape index (κ3) is 3.98. The molecule has 5 heteroatoms. The second kappa shape index (κ2) is 7.53. The van der Waals surface area contributed by atoms with Crippen LogP contribution < -0.4 is 10.1 Å². The van der Waals surface area contributed by atoms with Crippen molar-refractivity contribution in [2.45, 2.75) is 32.9 Å². The lowest BCUT2D eigenvalue weighted by molar-refractivity contribution is -0.140. The number of carbonyl (C=O) groups is 2. The van der Waals surface area contributed by atoms with E-state index in [0.29, 0.717) is 13.0 Å². The molecule has 0 radical (unpaired) electrons. The smallest absolute Gasteiger partial charge is 0.242 e. The minimum absolute atomic E-state index is 0.0445. The van der Waals surface area contributed by atoms with Crippen molar-refractivity contribution in [3.05, 3.63) is 29.8 Å². The summed E-state index contributed by atoms with van der Waals surface area (Å²) in [6.07, 6.45) is 0.373. The summed E-state index contributed by atoms with van der Waals surface area (Å²) >= 11 is 0. The summed E-state index contributed by atoms with van der Waals surface area (Å²) in [6, 6.07) is 6.98. The van der Waals surface area contributed by atoms with E-state index in [-0.39, 0.29) is 11.8 Å². The lowest BCUT2D eigenvalue weighted by atomic mass is 10.1. The first-order chi connectivity index (χ1) is 9.53. The Kier molecular flexibility index (Phi) is 6.03. The highest BCUT2D eigenvalue weighted by molar-refractivity contribution is 5.87. The maximum absolute atomic E-state index is 12.0. The van der Waals surface area contributed by atoms with E-state index in [0.717, 1.165) is 11.3 Å². The van der Waals surface area contributed by atoms with Crippen molar-refractivity contribution in [1.29, 1.82) is 0 Å². The maximum Gasteiger partial charge on any atom is 0.242 e. The van der Waals surface area contributed by atoms with Gasteiger partial charge in [0.15, 0.2) is 0 Å². The molecule has 0 fully saturated rings. The Labute approximate surface area is 119 Å². The highest BCUT2D eigenvalue weighted by Gasteiger charge is 2.24. The Balaban J connectivity index is 2.88. The van der Waals surface area contributed by atoms with Gasteiger partial charge in [0.2, 0.25) is 11.8 Å². The molecule has 1 N–H and O–H groups in total. The van der Waals surface area contributed by atoms with Crippen molar-refractivity contribution in [1.82, 2.24) is 10.2 Å². The van der Waals surface area contributed by atoms with Gasteiger partial charge in [0.25, 0.3) is 0 Å². The molecule has 0 heterocycles. The van der Waals surface area contributed by atoms with Crippen LogP contribution in [0.4, 0.5) is 0 Å². The van der Waals surface area contributed by atoms with Gasteiger partial charge in [-0.3, -0.25) is 9.59 Å². The zero-order chi connectivity index (χ0) is 15.1. The number of carbonyl (C=O) groups excluding carboxylic acids is 2. The molecule has 1 rings (SSSR count). The molecule has 1 atom stereocenters. The van der Waals surface area contributed by atoms with Gasteiger partial charge < -0.3 is 15.0 Å². The van der Waals surface area contributed by atoms with Crippen LogP contribution in [0.3, 0.4) is 0 Å². The van der Waals surface area contributed by atoms with Crippen LogP contribution in [0, 0.1) is 0 Å². The van der Waals surface area contributed by atoms with Crippen molar-refractivity contribution >= 4 is 11.8 Å². The lowest BCUT2D eigenvalue weighted by Crippen LogP contribution is -2.46. The Morgan fingerprint density at radius 2 is 1.90 bits per heavy atom. The predicted octanol–water partition coefficient (Wildman–Crippen LogP) is 1.57. The molecule has 0 saturated heterocycles.